The molecule has 2 N–H and O–H groups in total. The zero-order valence-electron chi connectivity index (χ0n) is 18.3. The molecule has 2 aromatic heterocycles. The van der Waals surface area contributed by atoms with Gasteiger partial charge in [0.1, 0.15) is 0 Å². The van der Waals surface area contributed by atoms with Crippen LogP contribution in [0, 0.1) is 27.7 Å². The van der Waals surface area contributed by atoms with E-state index in [0.717, 1.165) is 27.7 Å². The third kappa shape index (κ3) is 5.03. The molecule has 0 fully saturated rings. The number of benzene rings is 2. The lowest BCUT2D eigenvalue weighted by Gasteiger charge is -2.13. The molecule has 4 rings (SSSR count). The summed E-state index contributed by atoms with van der Waals surface area (Å²) in [6.45, 7) is 8.28. The Labute approximate surface area is 186 Å². The molecule has 0 unspecified atom stereocenters. The van der Waals surface area contributed by atoms with Crippen molar-refractivity contribution in [3.05, 3.63) is 71.0 Å². The number of aromatic nitrogens is 5. The number of nitrogens with zero attached hydrogens (tertiary/aromatic N) is 5. The van der Waals surface area contributed by atoms with Crippen LogP contribution >= 0.6 is 11.8 Å². The van der Waals surface area contributed by atoms with Crippen molar-refractivity contribution in [3.63, 3.8) is 0 Å². The molecule has 31 heavy (non-hydrogen) atoms. The van der Waals surface area contributed by atoms with Crippen LogP contribution < -0.4 is 10.6 Å². The van der Waals surface area contributed by atoms with E-state index in [4.69, 9.17) is 0 Å². The molecule has 4 aromatic rings. The van der Waals surface area contributed by atoms with Crippen LogP contribution in [0.25, 0.3) is 0 Å². The molecular weight excluding hydrogens is 406 g/mol. The van der Waals surface area contributed by atoms with Gasteiger partial charge in [0.25, 0.3) is 0 Å². The molecule has 7 nitrogen and oxygen atoms in total. The molecule has 8 heteroatoms. The van der Waals surface area contributed by atoms with E-state index in [1.165, 1.54) is 22.9 Å². The second-order valence-electron chi connectivity index (χ2n) is 7.57. The van der Waals surface area contributed by atoms with Gasteiger partial charge in [0.2, 0.25) is 17.1 Å². The number of rotatable bonds is 6. The van der Waals surface area contributed by atoms with Gasteiger partial charge in [0.05, 0.1) is 0 Å². The van der Waals surface area contributed by atoms with Crippen LogP contribution in [0.3, 0.4) is 0 Å². The van der Waals surface area contributed by atoms with Crippen LogP contribution in [0.2, 0.25) is 0 Å². The number of imidazole rings is 1. The first-order valence-electron chi connectivity index (χ1n) is 9.97. The van der Waals surface area contributed by atoms with Crippen molar-refractivity contribution < 1.29 is 0 Å². The van der Waals surface area contributed by atoms with Crippen molar-refractivity contribution in [3.8, 4) is 0 Å². The predicted molar refractivity (Wildman–Crippen MR) is 126 cm³/mol. The molecule has 0 aliphatic heterocycles. The highest BCUT2D eigenvalue weighted by molar-refractivity contribution is 7.99. The molecule has 0 spiro atoms. The Hall–Kier alpha value is -3.39. The zero-order valence-corrected chi connectivity index (χ0v) is 19.1. The molecule has 2 aromatic carbocycles. The fourth-order valence-electron chi connectivity index (χ4n) is 3.19. The third-order valence-electron chi connectivity index (χ3n) is 4.83. The van der Waals surface area contributed by atoms with Crippen molar-refractivity contribution in [2.45, 2.75) is 38.0 Å². The van der Waals surface area contributed by atoms with Crippen LogP contribution in [0.1, 0.15) is 22.3 Å². The standard InChI is InChI=1S/C23H25N7S/c1-14-6-8-18(16(3)12-14)25-20-27-21(26-19-9-7-15(2)13-17(19)4)29-22(28-20)31-23-24-10-11-30(23)5/h6-13H,1-5H3,(H2,25,26,27,28,29). The smallest absolute Gasteiger partial charge is 0.233 e. The minimum atomic E-state index is 0.478. The second kappa shape index (κ2) is 8.77. The average molecular weight is 432 g/mol. The van der Waals surface area contributed by atoms with E-state index < -0.39 is 0 Å². The summed E-state index contributed by atoms with van der Waals surface area (Å²) in [6, 6.07) is 12.5. The quantitative estimate of drug-likeness (QED) is 0.418. The molecule has 0 amide bonds. The van der Waals surface area contributed by atoms with E-state index in [1.54, 1.807) is 6.20 Å². The lowest BCUT2D eigenvalue weighted by Crippen LogP contribution is -2.06. The Bertz CT molecular complexity index is 1160. The van der Waals surface area contributed by atoms with E-state index in [0.29, 0.717) is 17.1 Å². The summed E-state index contributed by atoms with van der Waals surface area (Å²) in [5, 5.41) is 8.05. The van der Waals surface area contributed by atoms with E-state index in [1.807, 2.05) is 29.9 Å². The zero-order chi connectivity index (χ0) is 22.0. The Balaban J connectivity index is 1.69. The molecule has 0 radical (unpaired) electrons. The van der Waals surface area contributed by atoms with Crippen molar-refractivity contribution >= 4 is 35.0 Å². The van der Waals surface area contributed by atoms with E-state index >= 15 is 0 Å². The fourth-order valence-corrected chi connectivity index (χ4v) is 3.94. The van der Waals surface area contributed by atoms with Crippen molar-refractivity contribution in [1.29, 1.82) is 0 Å². The lowest BCUT2D eigenvalue weighted by atomic mass is 10.1. The molecule has 0 atom stereocenters. The van der Waals surface area contributed by atoms with Crippen LogP contribution in [0.5, 0.6) is 0 Å². The first-order valence-corrected chi connectivity index (χ1v) is 10.8. The van der Waals surface area contributed by atoms with Crippen LogP contribution in [0.15, 0.2) is 59.1 Å². The first kappa shape index (κ1) is 20.9. The third-order valence-corrected chi connectivity index (χ3v) is 5.77. The fraction of sp³-hybridized carbons (Fsp3) is 0.217. The van der Waals surface area contributed by atoms with Gasteiger partial charge in [-0.05, 0) is 62.7 Å². The molecule has 0 saturated carbocycles. The molecular formula is C23H25N7S. The van der Waals surface area contributed by atoms with Crippen molar-refractivity contribution in [2.24, 2.45) is 7.05 Å². The summed E-state index contributed by atoms with van der Waals surface area (Å²) >= 11 is 1.39. The van der Waals surface area contributed by atoms with E-state index in [-0.39, 0.29) is 0 Å². The van der Waals surface area contributed by atoms with Gasteiger partial charge in [-0.1, -0.05) is 35.4 Å². The summed E-state index contributed by atoms with van der Waals surface area (Å²) in [4.78, 5) is 18.2. The summed E-state index contributed by atoms with van der Waals surface area (Å²) in [7, 11) is 1.94. The maximum Gasteiger partial charge on any atom is 0.233 e. The van der Waals surface area contributed by atoms with Gasteiger partial charge in [-0.2, -0.15) is 15.0 Å². The molecule has 0 saturated heterocycles. The molecule has 158 valence electrons. The largest absolute Gasteiger partial charge is 0.329 e. The van der Waals surface area contributed by atoms with Crippen molar-refractivity contribution in [2.75, 3.05) is 10.6 Å². The predicted octanol–water partition coefficient (Wildman–Crippen LogP) is 5.48. The summed E-state index contributed by atoms with van der Waals surface area (Å²) in [6.07, 6.45) is 3.65. The Kier molecular flexibility index (Phi) is 5.90. The summed E-state index contributed by atoms with van der Waals surface area (Å²) in [5.41, 5.74) is 6.60. The normalized spacial score (nSPS) is 10.9. The Morgan fingerprint density at radius 1 is 0.774 bits per heavy atom. The lowest BCUT2D eigenvalue weighted by molar-refractivity contribution is 0.784. The highest BCUT2D eigenvalue weighted by atomic mass is 32.2. The van der Waals surface area contributed by atoms with E-state index in [2.05, 4.69) is 82.5 Å². The number of hydrogen-bond acceptors (Lipinski definition) is 7. The average Bonchev–Trinajstić information content (AvgIpc) is 3.11. The number of anilines is 4. The molecule has 2 heterocycles. The van der Waals surface area contributed by atoms with Gasteiger partial charge in [0.15, 0.2) is 5.16 Å². The number of nitrogens with one attached hydrogen (secondary N) is 2. The minimum absolute atomic E-state index is 0.478. The Morgan fingerprint density at radius 2 is 1.32 bits per heavy atom. The Morgan fingerprint density at radius 3 is 1.77 bits per heavy atom. The maximum atomic E-state index is 4.62. The van der Waals surface area contributed by atoms with Gasteiger partial charge in [0, 0.05) is 30.8 Å². The maximum absolute atomic E-state index is 4.62. The molecule has 0 aliphatic rings. The molecule has 0 bridgehead atoms. The minimum Gasteiger partial charge on any atom is -0.329 e. The highest BCUT2D eigenvalue weighted by Crippen LogP contribution is 2.27. The number of aryl methyl sites for hydroxylation is 5. The van der Waals surface area contributed by atoms with Crippen LogP contribution in [0.4, 0.5) is 23.3 Å². The second-order valence-corrected chi connectivity index (χ2v) is 8.51. The summed E-state index contributed by atoms with van der Waals surface area (Å²) in [5.74, 6) is 0.955. The van der Waals surface area contributed by atoms with Crippen LogP contribution in [-0.2, 0) is 7.05 Å². The van der Waals surface area contributed by atoms with Gasteiger partial charge in [-0.3, -0.25) is 0 Å². The SMILES string of the molecule is Cc1ccc(Nc2nc(Nc3ccc(C)cc3C)nc(Sc3nccn3C)n2)c(C)c1. The first-order chi connectivity index (χ1) is 14.9. The van der Waals surface area contributed by atoms with Crippen LogP contribution in [-0.4, -0.2) is 24.5 Å². The number of hydrogen-bond donors (Lipinski definition) is 2. The van der Waals surface area contributed by atoms with Gasteiger partial charge in [-0.15, -0.1) is 0 Å². The van der Waals surface area contributed by atoms with E-state index in [9.17, 15) is 0 Å². The molecule has 0 aliphatic carbocycles. The topological polar surface area (TPSA) is 80.5 Å². The summed E-state index contributed by atoms with van der Waals surface area (Å²) < 4.78 is 1.93. The highest BCUT2D eigenvalue weighted by Gasteiger charge is 2.13. The monoisotopic (exact) mass is 431 g/mol. The van der Waals surface area contributed by atoms with Crippen molar-refractivity contribution in [1.82, 2.24) is 24.5 Å². The van der Waals surface area contributed by atoms with Gasteiger partial charge in [-0.25, -0.2) is 4.98 Å². The van der Waals surface area contributed by atoms with Gasteiger partial charge < -0.3 is 15.2 Å². The van der Waals surface area contributed by atoms with Gasteiger partial charge >= 0.3 is 0 Å².